The van der Waals surface area contributed by atoms with E-state index in [4.69, 9.17) is 0 Å². The van der Waals surface area contributed by atoms with Crippen molar-refractivity contribution in [2.24, 2.45) is 0 Å². The average molecular weight is 343 g/mol. The molecular formula is C10H11BrN6OS. The smallest absolute Gasteiger partial charge is 0.266 e. The van der Waals surface area contributed by atoms with Gasteiger partial charge in [-0.25, -0.2) is 9.67 Å². The standard InChI is InChI=1S/C10H11BrN6OS/c11-7-8(18)12-5-13-9(7)19-10-14-15-16-17(10)6-3-1-2-4-6/h5-6H,1-4H2,(H,12,13,18). The summed E-state index contributed by atoms with van der Waals surface area (Å²) in [4.78, 5) is 18.1. The van der Waals surface area contributed by atoms with Gasteiger partial charge in [-0.2, -0.15) is 0 Å². The number of halogens is 1. The van der Waals surface area contributed by atoms with Gasteiger partial charge in [-0.3, -0.25) is 4.79 Å². The van der Waals surface area contributed by atoms with E-state index in [9.17, 15) is 4.79 Å². The van der Waals surface area contributed by atoms with Gasteiger partial charge in [0.05, 0.1) is 12.4 Å². The van der Waals surface area contributed by atoms with E-state index in [1.165, 1.54) is 30.9 Å². The van der Waals surface area contributed by atoms with E-state index in [0.29, 0.717) is 20.7 Å². The molecule has 0 amide bonds. The summed E-state index contributed by atoms with van der Waals surface area (Å²) in [6.07, 6.45) is 5.99. The van der Waals surface area contributed by atoms with Crippen LogP contribution in [-0.4, -0.2) is 30.2 Å². The van der Waals surface area contributed by atoms with Gasteiger partial charge in [0.25, 0.3) is 5.56 Å². The quantitative estimate of drug-likeness (QED) is 0.855. The fraction of sp³-hybridized carbons (Fsp3) is 0.500. The van der Waals surface area contributed by atoms with Crippen LogP contribution in [-0.2, 0) is 0 Å². The van der Waals surface area contributed by atoms with E-state index in [1.54, 1.807) is 0 Å². The van der Waals surface area contributed by atoms with Crippen LogP contribution in [0.1, 0.15) is 31.7 Å². The van der Waals surface area contributed by atoms with Crippen molar-refractivity contribution < 1.29 is 0 Å². The fourth-order valence-electron chi connectivity index (χ4n) is 2.15. The third-order valence-corrected chi connectivity index (χ3v) is 5.04. The minimum absolute atomic E-state index is 0.211. The summed E-state index contributed by atoms with van der Waals surface area (Å²) in [5.74, 6) is 0. The number of nitrogens with one attached hydrogen (secondary N) is 1. The van der Waals surface area contributed by atoms with E-state index >= 15 is 0 Å². The normalized spacial score (nSPS) is 16.1. The molecule has 1 aliphatic rings. The summed E-state index contributed by atoms with van der Waals surface area (Å²) >= 11 is 4.53. The van der Waals surface area contributed by atoms with Crippen LogP contribution in [0.2, 0.25) is 0 Å². The number of aromatic nitrogens is 6. The maximum Gasteiger partial charge on any atom is 0.266 e. The van der Waals surface area contributed by atoms with E-state index < -0.39 is 0 Å². The van der Waals surface area contributed by atoms with Crippen molar-refractivity contribution in [2.75, 3.05) is 0 Å². The molecule has 1 N–H and O–H groups in total. The van der Waals surface area contributed by atoms with Crippen LogP contribution in [0.4, 0.5) is 0 Å². The predicted molar refractivity (Wildman–Crippen MR) is 72.0 cm³/mol. The molecule has 2 aromatic heterocycles. The first-order valence-corrected chi connectivity index (χ1v) is 7.55. The monoisotopic (exact) mass is 342 g/mol. The van der Waals surface area contributed by atoms with Gasteiger partial charge in [-0.15, -0.1) is 5.10 Å². The van der Waals surface area contributed by atoms with Crippen molar-refractivity contribution in [3.05, 3.63) is 21.2 Å². The van der Waals surface area contributed by atoms with Gasteiger partial charge < -0.3 is 4.98 Å². The van der Waals surface area contributed by atoms with E-state index in [1.807, 2.05) is 4.68 Å². The summed E-state index contributed by atoms with van der Waals surface area (Å²) in [5.41, 5.74) is -0.211. The molecule has 0 aromatic carbocycles. The van der Waals surface area contributed by atoms with E-state index in [0.717, 1.165) is 12.8 Å². The Morgan fingerprint density at radius 3 is 3.00 bits per heavy atom. The molecule has 0 aliphatic heterocycles. The van der Waals surface area contributed by atoms with Gasteiger partial charge in [0.2, 0.25) is 5.16 Å². The second kappa shape index (κ2) is 5.41. The van der Waals surface area contributed by atoms with Crippen molar-refractivity contribution in [3.63, 3.8) is 0 Å². The molecule has 0 radical (unpaired) electrons. The van der Waals surface area contributed by atoms with Crippen LogP contribution in [0.25, 0.3) is 0 Å². The second-order valence-electron chi connectivity index (χ2n) is 4.30. The number of tetrazole rings is 1. The molecule has 9 heteroatoms. The molecule has 0 saturated heterocycles. The fourth-order valence-corrected chi connectivity index (χ4v) is 3.43. The Kier molecular flexibility index (Phi) is 3.65. The summed E-state index contributed by atoms with van der Waals surface area (Å²) in [6, 6.07) is 0.360. The first-order chi connectivity index (χ1) is 9.25. The molecule has 7 nitrogen and oxygen atoms in total. The van der Waals surface area contributed by atoms with Gasteiger partial charge >= 0.3 is 0 Å². The van der Waals surface area contributed by atoms with Crippen molar-refractivity contribution in [2.45, 2.75) is 41.9 Å². The third-order valence-electron chi connectivity index (χ3n) is 3.09. The Morgan fingerprint density at radius 1 is 1.42 bits per heavy atom. The zero-order valence-corrected chi connectivity index (χ0v) is 12.3. The largest absolute Gasteiger partial charge is 0.312 e. The summed E-state index contributed by atoms with van der Waals surface area (Å²) in [7, 11) is 0. The molecule has 1 aliphatic carbocycles. The SMILES string of the molecule is O=c1[nH]cnc(Sc2nnnn2C2CCCC2)c1Br. The summed E-state index contributed by atoms with van der Waals surface area (Å²) in [5, 5.41) is 13.0. The minimum atomic E-state index is -0.211. The number of aromatic amines is 1. The Bertz CT molecular complexity index is 635. The Hall–Kier alpha value is -1.22. The number of hydrogen-bond donors (Lipinski definition) is 1. The molecule has 0 bridgehead atoms. The molecule has 100 valence electrons. The minimum Gasteiger partial charge on any atom is -0.312 e. The van der Waals surface area contributed by atoms with Gasteiger partial charge in [0.15, 0.2) is 0 Å². The lowest BCUT2D eigenvalue weighted by molar-refractivity contribution is 0.423. The zero-order valence-electron chi connectivity index (χ0n) is 9.91. The van der Waals surface area contributed by atoms with Gasteiger partial charge in [0.1, 0.15) is 9.50 Å². The highest BCUT2D eigenvalue weighted by Gasteiger charge is 2.22. The molecule has 0 unspecified atom stereocenters. The maximum absolute atomic E-state index is 11.5. The highest BCUT2D eigenvalue weighted by Crippen LogP contribution is 2.34. The summed E-state index contributed by atoms with van der Waals surface area (Å²) < 4.78 is 2.24. The summed E-state index contributed by atoms with van der Waals surface area (Å²) in [6.45, 7) is 0. The first kappa shape index (κ1) is 12.8. The van der Waals surface area contributed by atoms with Crippen molar-refractivity contribution in [1.82, 2.24) is 30.2 Å². The molecule has 19 heavy (non-hydrogen) atoms. The Morgan fingerprint density at radius 2 is 2.21 bits per heavy atom. The number of hydrogen-bond acceptors (Lipinski definition) is 6. The van der Waals surface area contributed by atoms with Gasteiger partial charge in [0, 0.05) is 0 Å². The highest BCUT2D eigenvalue weighted by molar-refractivity contribution is 9.10. The molecule has 0 atom stereocenters. The third kappa shape index (κ3) is 2.57. The van der Waals surface area contributed by atoms with Crippen LogP contribution in [0.5, 0.6) is 0 Å². The highest BCUT2D eigenvalue weighted by atomic mass is 79.9. The maximum atomic E-state index is 11.5. The van der Waals surface area contributed by atoms with Gasteiger partial charge in [-0.1, -0.05) is 12.8 Å². The lowest BCUT2D eigenvalue weighted by atomic mass is 10.3. The lowest BCUT2D eigenvalue weighted by Crippen LogP contribution is -2.10. The van der Waals surface area contributed by atoms with Crippen molar-refractivity contribution >= 4 is 27.7 Å². The molecule has 3 rings (SSSR count). The first-order valence-electron chi connectivity index (χ1n) is 5.94. The molecule has 2 heterocycles. The molecule has 0 spiro atoms. The number of rotatable bonds is 3. The van der Waals surface area contributed by atoms with Crippen LogP contribution in [0.3, 0.4) is 0 Å². The topological polar surface area (TPSA) is 89.3 Å². The lowest BCUT2D eigenvalue weighted by Gasteiger charge is -2.10. The average Bonchev–Trinajstić information content (AvgIpc) is 3.05. The number of H-pyrrole nitrogens is 1. The zero-order chi connectivity index (χ0) is 13.2. The second-order valence-corrected chi connectivity index (χ2v) is 6.05. The Balaban J connectivity index is 1.89. The van der Waals surface area contributed by atoms with Gasteiger partial charge in [-0.05, 0) is 51.0 Å². The van der Waals surface area contributed by atoms with Crippen LogP contribution < -0.4 is 5.56 Å². The predicted octanol–water partition coefficient (Wildman–Crippen LogP) is 1.79. The Labute approximate surface area is 121 Å². The van der Waals surface area contributed by atoms with Crippen molar-refractivity contribution in [1.29, 1.82) is 0 Å². The molecular weight excluding hydrogens is 332 g/mol. The van der Waals surface area contributed by atoms with E-state index in [2.05, 4.69) is 41.4 Å². The molecule has 1 fully saturated rings. The molecule has 1 saturated carbocycles. The molecule has 2 aromatic rings. The van der Waals surface area contributed by atoms with Crippen molar-refractivity contribution in [3.8, 4) is 0 Å². The van der Waals surface area contributed by atoms with Crippen LogP contribution >= 0.6 is 27.7 Å². The van der Waals surface area contributed by atoms with Crippen LogP contribution in [0.15, 0.2) is 25.8 Å². The number of nitrogens with zero attached hydrogens (tertiary/aromatic N) is 5. The van der Waals surface area contributed by atoms with Crippen LogP contribution in [0, 0.1) is 0 Å². The van der Waals surface area contributed by atoms with E-state index in [-0.39, 0.29) is 5.56 Å².